The Bertz CT molecular complexity index is 1960. The lowest BCUT2D eigenvalue weighted by molar-refractivity contribution is -0.141. The summed E-state index contributed by atoms with van der Waals surface area (Å²) in [5.41, 5.74) is -1.44. The third kappa shape index (κ3) is 9.17. The number of fused-ring (bicyclic) bond motifs is 3. The van der Waals surface area contributed by atoms with E-state index in [9.17, 15) is 36.8 Å². The molecular formula is C38H47ClFN5O9S. The summed E-state index contributed by atoms with van der Waals surface area (Å²) < 4.78 is 54.5. The van der Waals surface area contributed by atoms with Crippen LogP contribution in [0.15, 0.2) is 47.4 Å². The molecule has 298 valence electrons. The summed E-state index contributed by atoms with van der Waals surface area (Å²) in [5.74, 6) is -3.12. The Balaban J connectivity index is 1.26. The lowest BCUT2D eigenvalue weighted by atomic mass is 10.0. The Morgan fingerprint density at radius 1 is 0.982 bits per heavy atom. The summed E-state index contributed by atoms with van der Waals surface area (Å²) in [6, 6.07) is 7.89. The molecule has 4 aliphatic rings. The highest BCUT2D eigenvalue weighted by Crippen LogP contribution is 2.48. The minimum atomic E-state index is -4.43. The second-order valence-electron chi connectivity index (χ2n) is 15.8. The minimum absolute atomic E-state index is 0.0158. The van der Waals surface area contributed by atoms with Crippen molar-refractivity contribution in [1.29, 1.82) is 0 Å². The molecule has 0 radical (unpaired) electrons. The molecule has 0 bridgehead atoms. The number of rotatable bonds is 5. The van der Waals surface area contributed by atoms with Gasteiger partial charge in [0.1, 0.15) is 40.0 Å². The monoisotopic (exact) mass is 803 g/mol. The summed E-state index contributed by atoms with van der Waals surface area (Å²) in [6.45, 7) is 4.95. The van der Waals surface area contributed by atoms with Gasteiger partial charge in [-0.3, -0.25) is 19.3 Å². The number of nitrogens with zero attached hydrogens (tertiary/aromatic N) is 2. The number of alkyl carbamates (subject to hydrolysis) is 1. The van der Waals surface area contributed by atoms with E-state index in [-0.39, 0.29) is 54.7 Å². The zero-order valence-electron chi connectivity index (χ0n) is 31.1. The van der Waals surface area contributed by atoms with E-state index in [1.807, 2.05) is 0 Å². The highest BCUT2D eigenvalue weighted by atomic mass is 35.5. The fourth-order valence-corrected chi connectivity index (χ4v) is 9.24. The van der Waals surface area contributed by atoms with Crippen molar-refractivity contribution in [3.63, 3.8) is 0 Å². The maximum atomic E-state index is 14.5. The van der Waals surface area contributed by atoms with E-state index in [0.29, 0.717) is 30.4 Å². The molecule has 3 fully saturated rings. The standard InChI is InChI=1S/C38H47ClFN5O9S/c1-37(2,3)54-35(49)41-29-16-8-6-4-5-7-13-24-19-38(24,34(48)43-55(51,52)31-17-10-9-14-27(31)39)42-32(46)30-18-25(21-45(30)33(29)47)53-36(50)44-20-23-12-11-15-28(40)26(23)22-44/h9-12,14-15,17,24-25,29-30H,4-8,13,16,18-22H2,1-3H3,(H,41,49)(H,42,46)(H,43,48)/t24-,25-,29+,30+,38-/m1/s1. The van der Waals surface area contributed by atoms with Gasteiger partial charge in [-0.25, -0.2) is 27.1 Å². The van der Waals surface area contributed by atoms with Crippen LogP contribution in [0.5, 0.6) is 0 Å². The topological polar surface area (TPSA) is 181 Å². The van der Waals surface area contributed by atoms with E-state index in [4.69, 9.17) is 21.1 Å². The van der Waals surface area contributed by atoms with Crippen LogP contribution in [0.4, 0.5) is 14.0 Å². The molecule has 3 aliphatic heterocycles. The van der Waals surface area contributed by atoms with Gasteiger partial charge in [-0.1, -0.05) is 68.0 Å². The largest absolute Gasteiger partial charge is 0.444 e. The maximum Gasteiger partial charge on any atom is 0.410 e. The van der Waals surface area contributed by atoms with Crippen LogP contribution in [0.25, 0.3) is 0 Å². The van der Waals surface area contributed by atoms with Gasteiger partial charge in [-0.2, -0.15) is 0 Å². The third-order valence-corrected chi connectivity index (χ3v) is 12.4. The van der Waals surface area contributed by atoms with Crippen LogP contribution >= 0.6 is 11.6 Å². The van der Waals surface area contributed by atoms with Crippen molar-refractivity contribution >= 4 is 51.5 Å². The molecule has 0 spiro atoms. The summed E-state index contributed by atoms with van der Waals surface area (Å²) in [4.78, 5) is 71.2. The second kappa shape index (κ2) is 16.0. The summed E-state index contributed by atoms with van der Waals surface area (Å²) in [7, 11) is -4.43. The molecular weight excluding hydrogens is 757 g/mol. The molecule has 14 nitrogen and oxygen atoms in total. The van der Waals surface area contributed by atoms with Crippen LogP contribution in [0.2, 0.25) is 5.02 Å². The Labute approximate surface area is 324 Å². The number of hydrogen-bond acceptors (Lipinski definition) is 9. The average molecular weight is 804 g/mol. The summed E-state index contributed by atoms with van der Waals surface area (Å²) in [5, 5.41) is 5.39. The van der Waals surface area contributed by atoms with Gasteiger partial charge in [0.25, 0.3) is 15.9 Å². The van der Waals surface area contributed by atoms with E-state index in [1.165, 1.54) is 34.1 Å². The van der Waals surface area contributed by atoms with Gasteiger partial charge in [-0.15, -0.1) is 0 Å². The summed E-state index contributed by atoms with van der Waals surface area (Å²) in [6.07, 6.45) is 1.87. The Morgan fingerprint density at radius 2 is 1.69 bits per heavy atom. The van der Waals surface area contributed by atoms with E-state index in [2.05, 4.69) is 15.4 Å². The Morgan fingerprint density at radius 3 is 2.40 bits per heavy atom. The van der Waals surface area contributed by atoms with Gasteiger partial charge in [0.2, 0.25) is 11.8 Å². The van der Waals surface area contributed by atoms with E-state index >= 15 is 0 Å². The molecule has 0 unspecified atom stereocenters. The molecule has 5 atom stereocenters. The maximum absolute atomic E-state index is 14.5. The number of amides is 5. The Kier molecular flexibility index (Phi) is 11.7. The molecule has 0 aromatic heterocycles. The predicted octanol–water partition coefficient (Wildman–Crippen LogP) is 4.92. The van der Waals surface area contributed by atoms with E-state index in [0.717, 1.165) is 19.3 Å². The fraction of sp³-hybridized carbons (Fsp3) is 0.553. The molecule has 5 amide bonds. The minimum Gasteiger partial charge on any atom is -0.444 e. The zero-order valence-corrected chi connectivity index (χ0v) is 32.6. The summed E-state index contributed by atoms with van der Waals surface area (Å²) >= 11 is 6.15. The van der Waals surface area contributed by atoms with Crippen LogP contribution in [0.1, 0.15) is 89.7 Å². The quantitative estimate of drug-likeness (QED) is 0.378. The van der Waals surface area contributed by atoms with Gasteiger partial charge in [0.15, 0.2) is 0 Å². The SMILES string of the molecule is CC(C)(C)OC(=O)N[C@H]1CCCCCCC[C@@H]2C[C@@]2(C(=O)NS(=O)(=O)c2ccccc2Cl)NC(=O)[C@@H]2C[C@@H](OC(=O)N3Cc4cccc(F)c4C3)CN2C1=O. The number of ether oxygens (including phenoxy) is 2. The first-order valence-corrected chi connectivity index (χ1v) is 20.5. The first-order valence-electron chi connectivity index (χ1n) is 18.6. The van der Waals surface area contributed by atoms with Crippen LogP contribution in [0.3, 0.4) is 0 Å². The second-order valence-corrected chi connectivity index (χ2v) is 17.8. The first kappa shape index (κ1) is 40.2. The van der Waals surface area contributed by atoms with Gasteiger partial charge in [0.05, 0.1) is 18.1 Å². The average Bonchev–Trinajstić information content (AvgIpc) is 3.40. The molecule has 2 saturated heterocycles. The molecule has 2 aromatic rings. The van der Waals surface area contributed by atoms with Crippen molar-refractivity contribution in [1.82, 2.24) is 25.2 Å². The number of nitrogens with one attached hydrogen (secondary N) is 3. The van der Waals surface area contributed by atoms with Crippen LogP contribution in [-0.4, -0.2) is 84.0 Å². The van der Waals surface area contributed by atoms with E-state index < -0.39 is 75.1 Å². The predicted molar refractivity (Wildman–Crippen MR) is 197 cm³/mol. The van der Waals surface area contributed by atoms with Crippen LogP contribution < -0.4 is 15.4 Å². The fourth-order valence-electron chi connectivity index (χ4n) is 7.68. The van der Waals surface area contributed by atoms with Crippen LogP contribution in [0, 0.1) is 11.7 Å². The van der Waals surface area contributed by atoms with Crippen molar-refractivity contribution in [2.45, 2.75) is 126 Å². The third-order valence-electron chi connectivity index (χ3n) is 10.5. The molecule has 1 saturated carbocycles. The normalized spacial score (nSPS) is 26.0. The number of benzene rings is 2. The van der Waals surface area contributed by atoms with Crippen LogP contribution in [-0.2, 0) is 47.0 Å². The van der Waals surface area contributed by atoms with Crippen molar-refractivity contribution < 1.29 is 46.3 Å². The number of carbonyl (C=O) groups is 5. The Hall–Kier alpha value is -4.44. The van der Waals surface area contributed by atoms with E-state index in [1.54, 1.807) is 39.0 Å². The highest BCUT2D eigenvalue weighted by Gasteiger charge is 2.62. The van der Waals surface area contributed by atoms with Crippen molar-refractivity contribution in [2.24, 2.45) is 5.92 Å². The van der Waals surface area contributed by atoms with Gasteiger partial charge < -0.3 is 25.0 Å². The first-order chi connectivity index (χ1) is 26.0. The number of halogens is 2. The zero-order chi connectivity index (χ0) is 39.7. The van der Waals surface area contributed by atoms with Gasteiger partial charge >= 0.3 is 12.2 Å². The van der Waals surface area contributed by atoms with Crippen molar-refractivity contribution in [3.05, 3.63) is 64.4 Å². The number of hydrogen-bond donors (Lipinski definition) is 3. The molecule has 2 aromatic carbocycles. The van der Waals surface area contributed by atoms with Gasteiger partial charge in [-0.05, 0) is 69.7 Å². The number of carbonyl (C=O) groups excluding carboxylic acids is 5. The van der Waals surface area contributed by atoms with Gasteiger partial charge in [0, 0.05) is 18.5 Å². The number of sulfonamides is 1. The molecule has 3 N–H and O–H groups in total. The smallest absolute Gasteiger partial charge is 0.410 e. The molecule has 3 heterocycles. The van der Waals surface area contributed by atoms with Crippen molar-refractivity contribution in [2.75, 3.05) is 6.54 Å². The lowest BCUT2D eigenvalue weighted by Gasteiger charge is -2.30. The van der Waals surface area contributed by atoms with Crippen molar-refractivity contribution in [3.8, 4) is 0 Å². The molecule has 55 heavy (non-hydrogen) atoms. The molecule has 6 rings (SSSR count). The molecule has 1 aliphatic carbocycles. The highest BCUT2D eigenvalue weighted by molar-refractivity contribution is 7.90. The lowest BCUT2D eigenvalue weighted by Crippen LogP contribution is -2.58. The molecule has 17 heteroatoms.